The van der Waals surface area contributed by atoms with Gasteiger partial charge in [-0.2, -0.15) is 0 Å². The summed E-state index contributed by atoms with van der Waals surface area (Å²) in [7, 11) is 0. The van der Waals surface area contributed by atoms with Crippen molar-refractivity contribution < 1.29 is 4.79 Å². The fraction of sp³-hybridized carbons (Fsp3) is 0.588. The molecule has 2 aliphatic rings. The van der Waals surface area contributed by atoms with Crippen molar-refractivity contribution in [2.45, 2.75) is 57.0 Å². The van der Waals surface area contributed by atoms with Crippen LogP contribution in [0.1, 0.15) is 50.5 Å². The first-order valence-corrected chi connectivity index (χ1v) is 7.64. The second-order valence-corrected chi connectivity index (χ2v) is 6.03. The summed E-state index contributed by atoms with van der Waals surface area (Å²) in [6.45, 7) is 2.02. The van der Waals surface area contributed by atoms with E-state index < -0.39 is 0 Å². The highest BCUT2D eigenvalue weighted by Gasteiger charge is 2.45. The lowest BCUT2D eigenvalue weighted by atomic mass is 9.73. The van der Waals surface area contributed by atoms with Gasteiger partial charge in [-0.1, -0.05) is 36.8 Å². The van der Waals surface area contributed by atoms with Gasteiger partial charge in [0.1, 0.15) is 0 Å². The van der Waals surface area contributed by atoms with Crippen molar-refractivity contribution in [2.75, 3.05) is 6.54 Å². The van der Waals surface area contributed by atoms with Gasteiger partial charge in [-0.25, -0.2) is 0 Å². The molecule has 0 radical (unpaired) electrons. The maximum Gasteiger partial charge on any atom is 0.153 e. The number of rotatable bonds is 2. The lowest BCUT2D eigenvalue weighted by Crippen LogP contribution is -2.57. The lowest BCUT2D eigenvalue weighted by Gasteiger charge is -2.48. The molecule has 0 unspecified atom stereocenters. The Balaban J connectivity index is 1.82. The Bertz CT molecular complexity index is 436. The summed E-state index contributed by atoms with van der Waals surface area (Å²) < 4.78 is 0. The summed E-state index contributed by atoms with van der Waals surface area (Å²) in [4.78, 5) is 15.0. The molecule has 2 fully saturated rings. The van der Waals surface area contributed by atoms with Crippen LogP contribution in [0, 0.1) is 0 Å². The smallest absolute Gasteiger partial charge is 0.153 e. The second-order valence-electron chi connectivity index (χ2n) is 6.03. The summed E-state index contributed by atoms with van der Waals surface area (Å²) in [5.41, 5.74) is 1.22. The van der Waals surface area contributed by atoms with E-state index >= 15 is 0 Å². The van der Waals surface area contributed by atoms with Gasteiger partial charge < -0.3 is 0 Å². The lowest BCUT2D eigenvalue weighted by molar-refractivity contribution is -0.137. The normalized spacial score (nSPS) is 28.7. The standard InChI is InChI=1S/C17H23NO/c19-16-10-4-5-11-17(16)12-6-7-13-18(17)14-15-8-2-1-3-9-15/h1-3,8-9H,4-7,10-14H2/t17-/m1/s1. The third-order valence-electron chi connectivity index (χ3n) is 4.85. The van der Waals surface area contributed by atoms with Crippen molar-refractivity contribution >= 4 is 5.78 Å². The minimum Gasteiger partial charge on any atom is -0.298 e. The second kappa shape index (κ2) is 5.46. The molecule has 1 heterocycles. The molecule has 1 aromatic carbocycles. The summed E-state index contributed by atoms with van der Waals surface area (Å²) in [6, 6.07) is 10.6. The average molecular weight is 257 g/mol. The number of carbonyl (C=O) groups excluding carboxylic acids is 1. The third-order valence-corrected chi connectivity index (χ3v) is 4.85. The maximum absolute atomic E-state index is 12.5. The number of Topliss-reactive ketones (excluding diaryl/α,β-unsaturated/α-hetero) is 1. The van der Waals surface area contributed by atoms with Crippen molar-refractivity contribution in [3.05, 3.63) is 35.9 Å². The number of ketones is 1. The number of hydrogen-bond donors (Lipinski definition) is 0. The highest BCUT2D eigenvalue weighted by atomic mass is 16.1. The van der Waals surface area contributed by atoms with E-state index in [2.05, 4.69) is 35.2 Å². The van der Waals surface area contributed by atoms with Gasteiger partial charge in [0.2, 0.25) is 0 Å². The Morgan fingerprint density at radius 2 is 1.74 bits per heavy atom. The Labute approximate surface area is 115 Å². The summed E-state index contributed by atoms with van der Waals surface area (Å²) in [5, 5.41) is 0. The number of piperidine rings is 1. The number of hydrogen-bond acceptors (Lipinski definition) is 2. The minimum atomic E-state index is -0.119. The number of carbonyl (C=O) groups is 1. The molecule has 0 aromatic heterocycles. The van der Waals surface area contributed by atoms with E-state index in [1.165, 1.54) is 24.8 Å². The van der Waals surface area contributed by atoms with Gasteiger partial charge in [-0.15, -0.1) is 0 Å². The van der Waals surface area contributed by atoms with Gasteiger partial charge in [0.15, 0.2) is 5.78 Å². The van der Waals surface area contributed by atoms with Crippen LogP contribution in [-0.2, 0) is 11.3 Å². The average Bonchev–Trinajstić information content (AvgIpc) is 2.46. The molecule has 2 heteroatoms. The van der Waals surface area contributed by atoms with E-state index in [0.29, 0.717) is 5.78 Å². The van der Waals surface area contributed by atoms with Crippen LogP contribution in [-0.4, -0.2) is 22.8 Å². The number of benzene rings is 1. The Kier molecular flexibility index (Phi) is 3.69. The first-order chi connectivity index (χ1) is 9.31. The van der Waals surface area contributed by atoms with E-state index in [4.69, 9.17) is 0 Å². The van der Waals surface area contributed by atoms with E-state index in [1.807, 2.05) is 0 Å². The first kappa shape index (κ1) is 12.9. The fourth-order valence-electron chi connectivity index (χ4n) is 3.80. The van der Waals surface area contributed by atoms with Gasteiger partial charge in [0.05, 0.1) is 5.54 Å². The summed E-state index contributed by atoms with van der Waals surface area (Å²) in [6.07, 6.45) is 7.73. The van der Waals surface area contributed by atoms with Crippen LogP contribution in [0.2, 0.25) is 0 Å². The quantitative estimate of drug-likeness (QED) is 0.807. The van der Waals surface area contributed by atoms with Crippen LogP contribution >= 0.6 is 0 Å². The largest absolute Gasteiger partial charge is 0.298 e. The summed E-state index contributed by atoms with van der Waals surface area (Å²) in [5.74, 6) is 0.509. The number of nitrogens with zero attached hydrogens (tertiary/aromatic N) is 1. The predicted molar refractivity (Wildman–Crippen MR) is 76.9 cm³/mol. The van der Waals surface area contributed by atoms with Crippen molar-refractivity contribution in [3.63, 3.8) is 0 Å². The molecule has 1 spiro atoms. The van der Waals surface area contributed by atoms with Crippen LogP contribution in [0.3, 0.4) is 0 Å². The van der Waals surface area contributed by atoms with E-state index in [-0.39, 0.29) is 5.54 Å². The molecule has 0 bridgehead atoms. The molecule has 1 aromatic rings. The van der Waals surface area contributed by atoms with Crippen LogP contribution in [0.5, 0.6) is 0 Å². The van der Waals surface area contributed by atoms with Gasteiger partial charge in [0, 0.05) is 13.0 Å². The zero-order valence-electron chi connectivity index (χ0n) is 11.6. The molecule has 1 saturated carbocycles. The molecule has 1 saturated heterocycles. The van der Waals surface area contributed by atoms with Crippen molar-refractivity contribution in [2.24, 2.45) is 0 Å². The monoisotopic (exact) mass is 257 g/mol. The Hall–Kier alpha value is -1.15. The van der Waals surface area contributed by atoms with Crippen molar-refractivity contribution in [3.8, 4) is 0 Å². The molecule has 102 valence electrons. The molecule has 1 atom stereocenters. The van der Waals surface area contributed by atoms with Crippen molar-refractivity contribution in [1.29, 1.82) is 0 Å². The van der Waals surface area contributed by atoms with Crippen LogP contribution < -0.4 is 0 Å². The topological polar surface area (TPSA) is 20.3 Å². The fourth-order valence-corrected chi connectivity index (χ4v) is 3.80. The molecule has 3 rings (SSSR count). The molecule has 0 amide bonds. The maximum atomic E-state index is 12.5. The van der Waals surface area contributed by atoms with Gasteiger partial charge in [0.25, 0.3) is 0 Å². The van der Waals surface area contributed by atoms with E-state index in [9.17, 15) is 4.79 Å². The van der Waals surface area contributed by atoms with E-state index in [1.54, 1.807) is 0 Å². The van der Waals surface area contributed by atoms with Crippen LogP contribution in [0.4, 0.5) is 0 Å². The van der Waals surface area contributed by atoms with Gasteiger partial charge in [-0.3, -0.25) is 9.69 Å². The zero-order chi connectivity index (χ0) is 13.1. The van der Waals surface area contributed by atoms with Gasteiger partial charge >= 0.3 is 0 Å². The molecular weight excluding hydrogens is 234 g/mol. The third kappa shape index (κ3) is 2.46. The molecular formula is C17H23NO. The van der Waals surface area contributed by atoms with Gasteiger partial charge in [-0.05, 0) is 44.2 Å². The SMILES string of the molecule is O=C1CCCC[C@@]12CCCCN2Cc1ccccc1. The number of likely N-dealkylation sites (tertiary alicyclic amines) is 1. The zero-order valence-corrected chi connectivity index (χ0v) is 11.6. The minimum absolute atomic E-state index is 0.119. The highest BCUT2D eigenvalue weighted by Crippen LogP contribution is 2.39. The summed E-state index contributed by atoms with van der Waals surface area (Å²) >= 11 is 0. The molecule has 19 heavy (non-hydrogen) atoms. The molecule has 1 aliphatic heterocycles. The van der Waals surface area contributed by atoms with Crippen molar-refractivity contribution in [1.82, 2.24) is 4.90 Å². The molecule has 2 nitrogen and oxygen atoms in total. The molecule has 1 aliphatic carbocycles. The highest BCUT2D eigenvalue weighted by molar-refractivity contribution is 5.89. The Morgan fingerprint density at radius 1 is 1.00 bits per heavy atom. The predicted octanol–water partition coefficient (Wildman–Crippen LogP) is 3.55. The Morgan fingerprint density at radius 3 is 2.53 bits per heavy atom. The van der Waals surface area contributed by atoms with Crippen LogP contribution in [0.25, 0.3) is 0 Å². The van der Waals surface area contributed by atoms with E-state index in [0.717, 1.165) is 38.8 Å². The van der Waals surface area contributed by atoms with Crippen LogP contribution in [0.15, 0.2) is 30.3 Å². The molecule has 0 N–H and O–H groups in total. The first-order valence-electron chi connectivity index (χ1n) is 7.64.